The zero-order valence-electron chi connectivity index (χ0n) is 8.11. The average molecular weight is 193 g/mol. The standard InChI is InChI=1S/C11H15NO2/c12-6-5-11-13-7-9-3-1-2-4-10(9)8-14-11/h1-4,11H,5-8,12H2. The van der Waals surface area contributed by atoms with E-state index < -0.39 is 0 Å². The van der Waals surface area contributed by atoms with Crippen LogP contribution in [0, 0.1) is 0 Å². The molecular weight excluding hydrogens is 178 g/mol. The van der Waals surface area contributed by atoms with Crippen molar-refractivity contribution in [3.63, 3.8) is 0 Å². The lowest BCUT2D eigenvalue weighted by atomic mass is 10.1. The van der Waals surface area contributed by atoms with Gasteiger partial charge in [-0.05, 0) is 17.7 Å². The van der Waals surface area contributed by atoms with Crippen LogP contribution in [0.5, 0.6) is 0 Å². The summed E-state index contributed by atoms with van der Waals surface area (Å²) in [4.78, 5) is 0. The van der Waals surface area contributed by atoms with Gasteiger partial charge in [-0.2, -0.15) is 0 Å². The summed E-state index contributed by atoms with van der Waals surface area (Å²) in [6.45, 7) is 1.85. The number of ether oxygens (including phenoxy) is 2. The summed E-state index contributed by atoms with van der Waals surface area (Å²) in [5.41, 5.74) is 7.89. The highest BCUT2D eigenvalue weighted by molar-refractivity contribution is 5.26. The third kappa shape index (κ3) is 2.12. The van der Waals surface area contributed by atoms with Crippen molar-refractivity contribution in [2.75, 3.05) is 6.54 Å². The largest absolute Gasteiger partial charge is 0.348 e. The molecule has 0 fully saturated rings. The van der Waals surface area contributed by atoms with Crippen molar-refractivity contribution in [3.05, 3.63) is 35.4 Å². The van der Waals surface area contributed by atoms with Crippen molar-refractivity contribution in [2.45, 2.75) is 25.9 Å². The van der Waals surface area contributed by atoms with E-state index in [2.05, 4.69) is 12.1 Å². The van der Waals surface area contributed by atoms with Gasteiger partial charge in [0.1, 0.15) is 0 Å². The van der Waals surface area contributed by atoms with Gasteiger partial charge in [0.2, 0.25) is 0 Å². The molecule has 1 heterocycles. The highest BCUT2D eigenvalue weighted by Gasteiger charge is 2.15. The van der Waals surface area contributed by atoms with E-state index in [0.29, 0.717) is 19.8 Å². The molecule has 0 amide bonds. The van der Waals surface area contributed by atoms with Crippen LogP contribution in [0.2, 0.25) is 0 Å². The molecule has 2 rings (SSSR count). The maximum absolute atomic E-state index is 5.57. The van der Waals surface area contributed by atoms with Gasteiger partial charge < -0.3 is 15.2 Å². The first-order valence-electron chi connectivity index (χ1n) is 4.90. The second-order valence-electron chi connectivity index (χ2n) is 3.40. The van der Waals surface area contributed by atoms with Crippen LogP contribution in [0.15, 0.2) is 24.3 Å². The summed E-state index contributed by atoms with van der Waals surface area (Å²) >= 11 is 0. The summed E-state index contributed by atoms with van der Waals surface area (Å²) in [5, 5.41) is 0. The van der Waals surface area contributed by atoms with Crippen LogP contribution in [0.1, 0.15) is 17.5 Å². The Morgan fingerprint density at radius 2 is 1.71 bits per heavy atom. The number of hydrogen-bond acceptors (Lipinski definition) is 3. The molecule has 0 saturated heterocycles. The Morgan fingerprint density at radius 1 is 1.14 bits per heavy atom. The van der Waals surface area contributed by atoms with Crippen LogP contribution < -0.4 is 5.73 Å². The number of fused-ring (bicyclic) bond motifs is 1. The Hall–Kier alpha value is -0.900. The lowest BCUT2D eigenvalue weighted by molar-refractivity contribution is -0.150. The molecule has 14 heavy (non-hydrogen) atoms. The van der Waals surface area contributed by atoms with E-state index in [1.54, 1.807) is 0 Å². The predicted molar refractivity (Wildman–Crippen MR) is 53.5 cm³/mol. The Labute approximate surface area is 83.8 Å². The van der Waals surface area contributed by atoms with E-state index in [1.165, 1.54) is 11.1 Å². The molecule has 1 aromatic rings. The number of rotatable bonds is 2. The first-order valence-corrected chi connectivity index (χ1v) is 4.90. The summed E-state index contributed by atoms with van der Waals surface area (Å²) in [7, 11) is 0. The van der Waals surface area contributed by atoms with E-state index in [4.69, 9.17) is 15.2 Å². The molecule has 0 bridgehead atoms. The van der Waals surface area contributed by atoms with Crippen LogP contribution in [-0.4, -0.2) is 12.8 Å². The Morgan fingerprint density at radius 3 is 2.21 bits per heavy atom. The molecule has 0 aliphatic carbocycles. The number of benzene rings is 1. The molecule has 1 aromatic carbocycles. The van der Waals surface area contributed by atoms with Crippen LogP contribution in [-0.2, 0) is 22.7 Å². The minimum atomic E-state index is -0.146. The van der Waals surface area contributed by atoms with Crippen molar-refractivity contribution >= 4 is 0 Å². The van der Waals surface area contributed by atoms with E-state index in [1.807, 2.05) is 12.1 Å². The summed E-state index contributed by atoms with van der Waals surface area (Å²) in [5.74, 6) is 0. The SMILES string of the molecule is NCCC1OCc2ccccc2CO1. The zero-order valence-corrected chi connectivity index (χ0v) is 8.11. The van der Waals surface area contributed by atoms with Gasteiger partial charge in [0.25, 0.3) is 0 Å². The molecule has 0 atom stereocenters. The summed E-state index contributed by atoms with van der Waals surface area (Å²) in [6.07, 6.45) is 0.612. The van der Waals surface area contributed by atoms with E-state index in [9.17, 15) is 0 Å². The van der Waals surface area contributed by atoms with Crippen molar-refractivity contribution in [2.24, 2.45) is 5.73 Å². The fourth-order valence-electron chi connectivity index (χ4n) is 1.56. The second kappa shape index (κ2) is 4.55. The molecule has 3 heteroatoms. The highest BCUT2D eigenvalue weighted by atomic mass is 16.7. The summed E-state index contributed by atoms with van der Waals surface area (Å²) in [6, 6.07) is 8.18. The van der Waals surface area contributed by atoms with Crippen molar-refractivity contribution in [1.82, 2.24) is 0 Å². The van der Waals surface area contributed by atoms with Gasteiger partial charge in [-0.3, -0.25) is 0 Å². The first-order chi connectivity index (χ1) is 6.90. The summed E-state index contributed by atoms with van der Waals surface area (Å²) < 4.78 is 11.1. The molecule has 0 radical (unpaired) electrons. The van der Waals surface area contributed by atoms with Gasteiger partial charge in [0.05, 0.1) is 13.2 Å². The fraction of sp³-hybridized carbons (Fsp3) is 0.455. The molecule has 0 saturated carbocycles. The molecule has 1 aliphatic rings. The molecule has 76 valence electrons. The van der Waals surface area contributed by atoms with E-state index in [-0.39, 0.29) is 6.29 Å². The van der Waals surface area contributed by atoms with Gasteiger partial charge in [-0.25, -0.2) is 0 Å². The molecule has 0 unspecified atom stereocenters. The molecule has 2 N–H and O–H groups in total. The van der Waals surface area contributed by atoms with E-state index >= 15 is 0 Å². The van der Waals surface area contributed by atoms with Gasteiger partial charge in [0, 0.05) is 6.42 Å². The third-order valence-corrected chi connectivity index (χ3v) is 2.37. The number of nitrogens with two attached hydrogens (primary N) is 1. The van der Waals surface area contributed by atoms with Crippen molar-refractivity contribution < 1.29 is 9.47 Å². The normalized spacial score (nSPS) is 17.5. The maximum atomic E-state index is 5.57. The minimum Gasteiger partial charge on any atom is -0.348 e. The average Bonchev–Trinajstić information content (AvgIpc) is 2.42. The predicted octanol–water partition coefficient (Wildman–Crippen LogP) is 1.41. The fourth-order valence-corrected chi connectivity index (χ4v) is 1.56. The highest BCUT2D eigenvalue weighted by Crippen LogP contribution is 2.18. The van der Waals surface area contributed by atoms with Crippen molar-refractivity contribution in [3.8, 4) is 0 Å². The smallest absolute Gasteiger partial charge is 0.159 e. The van der Waals surface area contributed by atoms with Crippen molar-refractivity contribution in [1.29, 1.82) is 0 Å². The molecule has 1 aliphatic heterocycles. The lowest BCUT2D eigenvalue weighted by Gasteiger charge is -2.13. The molecule has 0 spiro atoms. The van der Waals surface area contributed by atoms with Crippen LogP contribution >= 0.6 is 0 Å². The monoisotopic (exact) mass is 193 g/mol. The Balaban J connectivity index is 2.06. The van der Waals surface area contributed by atoms with Gasteiger partial charge in [-0.15, -0.1) is 0 Å². The molecular formula is C11H15NO2. The first kappa shape index (κ1) is 9.65. The Bertz CT molecular complexity index is 274. The van der Waals surface area contributed by atoms with Gasteiger partial charge in [-0.1, -0.05) is 24.3 Å². The Kier molecular flexibility index (Phi) is 3.14. The zero-order chi connectivity index (χ0) is 9.80. The lowest BCUT2D eigenvalue weighted by Crippen LogP contribution is -2.18. The topological polar surface area (TPSA) is 44.5 Å². The quantitative estimate of drug-likeness (QED) is 0.772. The van der Waals surface area contributed by atoms with Gasteiger partial charge >= 0.3 is 0 Å². The molecule has 0 aromatic heterocycles. The second-order valence-corrected chi connectivity index (χ2v) is 3.40. The van der Waals surface area contributed by atoms with Crippen LogP contribution in [0.3, 0.4) is 0 Å². The van der Waals surface area contributed by atoms with Crippen LogP contribution in [0.4, 0.5) is 0 Å². The van der Waals surface area contributed by atoms with E-state index in [0.717, 1.165) is 6.42 Å². The molecule has 3 nitrogen and oxygen atoms in total. The van der Waals surface area contributed by atoms with Crippen LogP contribution in [0.25, 0.3) is 0 Å². The minimum absolute atomic E-state index is 0.146. The van der Waals surface area contributed by atoms with Gasteiger partial charge in [0.15, 0.2) is 6.29 Å². The maximum Gasteiger partial charge on any atom is 0.159 e. The third-order valence-electron chi connectivity index (χ3n) is 2.37. The number of hydrogen-bond donors (Lipinski definition) is 1.